The first kappa shape index (κ1) is 10.5. The van der Waals surface area contributed by atoms with E-state index in [9.17, 15) is 0 Å². The Labute approximate surface area is 83.7 Å². The highest BCUT2D eigenvalue weighted by Crippen LogP contribution is 2.24. The van der Waals surface area contributed by atoms with Gasteiger partial charge in [0.25, 0.3) is 0 Å². The molecule has 0 aliphatic carbocycles. The lowest BCUT2D eigenvalue weighted by atomic mass is 9.92. The highest BCUT2D eigenvalue weighted by Gasteiger charge is 2.20. The van der Waals surface area contributed by atoms with Crippen LogP contribution in [0.2, 0.25) is 0 Å². The van der Waals surface area contributed by atoms with E-state index < -0.39 is 0 Å². The molecule has 3 heteroatoms. The fraction of sp³-hybridized carbons (Fsp3) is 0.700. The van der Waals surface area contributed by atoms with Gasteiger partial charge < -0.3 is 4.57 Å². The molecule has 1 heterocycles. The summed E-state index contributed by atoms with van der Waals surface area (Å²) in [5.74, 6) is 0. The van der Waals surface area contributed by atoms with Crippen LogP contribution in [0.3, 0.4) is 0 Å². The highest BCUT2D eigenvalue weighted by atomic mass is 32.1. The standard InChI is InChI=1S/C10H18N2S/c1-7(2)12-8(10(3,4)5)6-13-9(12)11/h6-7,11H,1-5H3. The van der Waals surface area contributed by atoms with Gasteiger partial charge in [-0.3, -0.25) is 5.41 Å². The zero-order chi connectivity index (χ0) is 10.2. The fourth-order valence-electron chi connectivity index (χ4n) is 1.39. The van der Waals surface area contributed by atoms with Crippen LogP contribution in [0.15, 0.2) is 5.38 Å². The van der Waals surface area contributed by atoms with Crippen molar-refractivity contribution in [1.82, 2.24) is 4.57 Å². The lowest BCUT2D eigenvalue weighted by Gasteiger charge is -2.22. The molecule has 0 aromatic carbocycles. The van der Waals surface area contributed by atoms with E-state index in [1.54, 1.807) is 0 Å². The van der Waals surface area contributed by atoms with Gasteiger partial charge in [0.15, 0.2) is 4.80 Å². The summed E-state index contributed by atoms with van der Waals surface area (Å²) < 4.78 is 2.10. The lowest BCUT2D eigenvalue weighted by Crippen LogP contribution is -2.25. The molecule has 0 fully saturated rings. The zero-order valence-electron chi connectivity index (χ0n) is 9.01. The van der Waals surface area contributed by atoms with E-state index in [1.807, 2.05) is 0 Å². The maximum atomic E-state index is 7.78. The normalized spacial score (nSPS) is 12.5. The number of rotatable bonds is 1. The molecule has 0 amide bonds. The maximum absolute atomic E-state index is 7.78. The van der Waals surface area contributed by atoms with E-state index in [0.717, 1.165) is 0 Å². The molecule has 0 saturated heterocycles. The zero-order valence-corrected chi connectivity index (χ0v) is 9.83. The van der Waals surface area contributed by atoms with E-state index in [4.69, 9.17) is 5.41 Å². The molecule has 2 nitrogen and oxygen atoms in total. The van der Waals surface area contributed by atoms with Crippen molar-refractivity contribution in [2.45, 2.75) is 46.1 Å². The molecule has 13 heavy (non-hydrogen) atoms. The molecule has 74 valence electrons. The number of thiazole rings is 1. The lowest BCUT2D eigenvalue weighted by molar-refractivity contribution is 0.472. The largest absolute Gasteiger partial charge is 0.318 e. The van der Waals surface area contributed by atoms with Crippen LogP contribution in [0, 0.1) is 5.41 Å². The van der Waals surface area contributed by atoms with Gasteiger partial charge in [0.05, 0.1) is 0 Å². The second kappa shape index (κ2) is 3.29. The molecule has 0 aliphatic heterocycles. The van der Waals surface area contributed by atoms with Crippen molar-refractivity contribution in [3.05, 3.63) is 15.9 Å². The van der Waals surface area contributed by atoms with Gasteiger partial charge in [-0.1, -0.05) is 20.8 Å². The smallest absolute Gasteiger partial charge is 0.182 e. The van der Waals surface area contributed by atoms with Gasteiger partial charge in [0.1, 0.15) is 0 Å². The third kappa shape index (κ3) is 2.02. The van der Waals surface area contributed by atoms with Gasteiger partial charge in [0, 0.05) is 22.5 Å². The summed E-state index contributed by atoms with van der Waals surface area (Å²) >= 11 is 1.52. The van der Waals surface area contributed by atoms with E-state index in [2.05, 4.69) is 44.6 Å². The van der Waals surface area contributed by atoms with Gasteiger partial charge in [-0.15, -0.1) is 11.3 Å². The minimum absolute atomic E-state index is 0.139. The van der Waals surface area contributed by atoms with Crippen molar-refractivity contribution in [2.24, 2.45) is 0 Å². The topological polar surface area (TPSA) is 28.8 Å². The number of nitrogens with zero attached hydrogens (tertiary/aromatic N) is 1. The van der Waals surface area contributed by atoms with Crippen LogP contribution in [0.4, 0.5) is 0 Å². The molecule has 0 aliphatic rings. The molecule has 1 N–H and O–H groups in total. The van der Waals surface area contributed by atoms with Crippen molar-refractivity contribution in [3.63, 3.8) is 0 Å². The number of hydrogen-bond donors (Lipinski definition) is 1. The predicted octanol–water partition coefficient (Wildman–Crippen LogP) is 2.91. The minimum atomic E-state index is 0.139. The Morgan fingerprint density at radius 2 is 1.92 bits per heavy atom. The maximum Gasteiger partial charge on any atom is 0.182 e. The van der Waals surface area contributed by atoms with Crippen molar-refractivity contribution in [3.8, 4) is 0 Å². The molecule has 0 radical (unpaired) electrons. The quantitative estimate of drug-likeness (QED) is 0.719. The van der Waals surface area contributed by atoms with E-state index >= 15 is 0 Å². The number of aromatic nitrogens is 1. The highest BCUT2D eigenvalue weighted by molar-refractivity contribution is 7.07. The van der Waals surface area contributed by atoms with Crippen LogP contribution in [-0.4, -0.2) is 4.57 Å². The average Bonchev–Trinajstić information content (AvgIpc) is 2.28. The molecule has 0 unspecified atom stereocenters. The third-order valence-corrected chi connectivity index (χ3v) is 2.81. The third-order valence-electron chi connectivity index (χ3n) is 2.05. The Kier molecular flexibility index (Phi) is 2.66. The van der Waals surface area contributed by atoms with Crippen LogP contribution < -0.4 is 4.80 Å². The van der Waals surface area contributed by atoms with Crippen molar-refractivity contribution >= 4 is 11.3 Å². The summed E-state index contributed by atoms with van der Waals surface area (Å²) in [7, 11) is 0. The van der Waals surface area contributed by atoms with Crippen LogP contribution in [-0.2, 0) is 5.41 Å². The first-order valence-corrected chi connectivity index (χ1v) is 5.47. The molecule has 1 rings (SSSR count). The van der Waals surface area contributed by atoms with Crippen LogP contribution in [0.5, 0.6) is 0 Å². The predicted molar refractivity (Wildman–Crippen MR) is 57.2 cm³/mol. The molecule has 0 bridgehead atoms. The fourth-order valence-corrected chi connectivity index (χ4v) is 2.50. The Morgan fingerprint density at radius 1 is 1.38 bits per heavy atom. The molecule has 0 spiro atoms. The van der Waals surface area contributed by atoms with Crippen molar-refractivity contribution < 1.29 is 0 Å². The molecular formula is C10H18N2S. The monoisotopic (exact) mass is 198 g/mol. The van der Waals surface area contributed by atoms with E-state index in [1.165, 1.54) is 17.0 Å². The summed E-state index contributed by atoms with van der Waals surface area (Å²) in [6.07, 6.45) is 0. The van der Waals surface area contributed by atoms with Crippen LogP contribution >= 0.6 is 11.3 Å². The van der Waals surface area contributed by atoms with Gasteiger partial charge >= 0.3 is 0 Å². The molecular weight excluding hydrogens is 180 g/mol. The van der Waals surface area contributed by atoms with Crippen molar-refractivity contribution in [2.75, 3.05) is 0 Å². The number of nitrogens with one attached hydrogen (secondary N) is 1. The molecule has 0 atom stereocenters. The number of hydrogen-bond acceptors (Lipinski definition) is 2. The average molecular weight is 198 g/mol. The summed E-state index contributed by atoms with van der Waals surface area (Å²) in [5.41, 5.74) is 1.40. The summed E-state index contributed by atoms with van der Waals surface area (Å²) in [6, 6.07) is 0.382. The second-order valence-corrected chi connectivity index (χ2v) is 5.50. The summed E-state index contributed by atoms with van der Waals surface area (Å²) in [6.45, 7) is 10.8. The first-order valence-electron chi connectivity index (χ1n) is 4.59. The first-order chi connectivity index (χ1) is 5.84. The van der Waals surface area contributed by atoms with Crippen LogP contribution in [0.1, 0.15) is 46.4 Å². The van der Waals surface area contributed by atoms with Crippen LogP contribution in [0.25, 0.3) is 0 Å². The summed E-state index contributed by atoms with van der Waals surface area (Å²) in [5, 5.41) is 9.88. The van der Waals surface area contributed by atoms with Crippen molar-refractivity contribution in [1.29, 1.82) is 5.41 Å². The Bertz CT molecular complexity index is 339. The molecule has 1 aromatic rings. The van der Waals surface area contributed by atoms with Gasteiger partial charge in [-0.05, 0) is 13.8 Å². The van der Waals surface area contributed by atoms with E-state index in [-0.39, 0.29) is 5.41 Å². The minimum Gasteiger partial charge on any atom is -0.318 e. The van der Waals surface area contributed by atoms with Gasteiger partial charge in [0.2, 0.25) is 0 Å². The van der Waals surface area contributed by atoms with Gasteiger partial charge in [-0.25, -0.2) is 0 Å². The molecule has 0 saturated carbocycles. The second-order valence-electron chi connectivity index (χ2n) is 4.64. The summed E-state index contributed by atoms with van der Waals surface area (Å²) in [4.78, 5) is 0.653. The van der Waals surface area contributed by atoms with E-state index in [0.29, 0.717) is 10.8 Å². The van der Waals surface area contributed by atoms with Gasteiger partial charge in [-0.2, -0.15) is 0 Å². The molecule has 1 aromatic heterocycles. The Morgan fingerprint density at radius 3 is 2.23 bits per heavy atom. The Balaban J connectivity index is 3.32. The Hall–Kier alpha value is -0.570. The SMILES string of the molecule is CC(C)n1c(C(C)(C)C)csc1=N.